The number of carbonyl (C=O) groups excluding carboxylic acids is 1. The van der Waals surface area contributed by atoms with Crippen molar-refractivity contribution in [3.05, 3.63) is 36.5 Å². The molecule has 3 N–H and O–H groups in total. The van der Waals surface area contributed by atoms with Gasteiger partial charge >= 0.3 is 6.09 Å². The molecule has 4 rings (SSSR count). The van der Waals surface area contributed by atoms with E-state index in [-0.39, 0.29) is 17.6 Å². The second-order valence-electron chi connectivity index (χ2n) is 9.53. The first-order valence-electron chi connectivity index (χ1n) is 11.1. The van der Waals surface area contributed by atoms with Crippen molar-refractivity contribution in [1.29, 1.82) is 0 Å². The number of amides is 2. The molecular weight excluding hydrogens is 438 g/mol. The van der Waals surface area contributed by atoms with Gasteiger partial charge in [0.15, 0.2) is 0 Å². The zero-order valence-corrected chi connectivity index (χ0v) is 20.1. The molecule has 0 radical (unpaired) electrons. The summed E-state index contributed by atoms with van der Waals surface area (Å²) in [5.74, 6) is 0.833. The standard InChI is InChI=1S/C23H29N5O4Si/c1-33(2,3)12-11-32-14-28-13-17(18-5-4-6-19(24-18)27-23(30)31)16-9-10-20(25-21(16)28)26-22(29)15-7-8-15/h4-6,9-10,13,15H,7-8,11-12,14H2,1-3H3,(H,24,27)(H,30,31)(H,25,26,29). The quantitative estimate of drug-likeness (QED) is 0.306. The Balaban J connectivity index is 1.66. The lowest BCUT2D eigenvalue weighted by atomic mass is 10.1. The molecule has 1 aliphatic rings. The number of ether oxygens (including phenoxy) is 1. The van der Waals surface area contributed by atoms with Crippen molar-refractivity contribution in [2.24, 2.45) is 5.92 Å². The van der Waals surface area contributed by atoms with Crippen LogP contribution in [-0.4, -0.2) is 46.3 Å². The molecule has 2 amide bonds. The summed E-state index contributed by atoms with van der Waals surface area (Å²) in [5.41, 5.74) is 2.09. The van der Waals surface area contributed by atoms with Gasteiger partial charge in [0.25, 0.3) is 0 Å². The Labute approximate surface area is 193 Å². The van der Waals surface area contributed by atoms with Crippen LogP contribution in [0, 0.1) is 5.92 Å². The molecule has 10 heteroatoms. The summed E-state index contributed by atoms with van der Waals surface area (Å²) in [4.78, 5) is 32.4. The zero-order valence-electron chi connectivity index (χ0n) is 19.1. The summed E-state index contributed by atoms with van der Waals surface area (Å²) in [6, 6.07) is 9.90. The molecule has 1 saturated carbocycles. The molecule has 0 aromatic carbocycles. The van der Waals surface area contributed by atoms with E-state index in [0.717, 1.165) is 29.8 Å². The molecule has 3 heterocycles. The SMILES string of the molecule is C[Si](C)(C)CCOCn1cc(-c2cccc(NC(=O)O)n2)c2ccc(NC(=O)C3CC3)nc21. The van der Waals surface area contributed by atoms with Gasteiger partial charge in [-0.15, -0.1) is 0 Å². The number of fused-ring (bicyclic) bond motifs is 1. The van der Waals surface area contributed by atoms with E-state index in [2.05, 4.69) is 35.3 Å². The lowest BCUT2D eigenvalue weighted by Gasteiger charge is -2.15. The van der Waals surface area contributed by atoms with Crippen LogP contribution < -0.4 is 10.6 Å². The van der Waals surface area contributed by atoms with Crippen molar-refractivity contribution in [3.8, 4) is 11.3 Å². The number of carbonyl (C=O) groups is 2. The number of nitrogens with one attached hydrogen (secondary N) is 2. The van der Waals surface area contributed by atoms with Crippen molar-refractivity contribution >= 4 is 42.7 Å². The van der Waals surface area contributed by atoms with E-state index in [0.29, 0.717) is 30.5 Å². The minimum absolute atomic E-state index is 0.000628. The summed E-state index contributed by atoms with van der Waals surface area (Å²) in [7, 11) is -1.21. The van der Waals surface area contributed by atoms with Crippen LogP contribution >= 0.6 is 0 Å². The van der Waals surface area contributed by atoms with Crippen LogP contribution in [0.25, 0.3) is 22.3 Å². The molecular formula is C23H29N5O4Si. The third-order valence-electron chi connectivity index (χ3n) is 5.41. The highest BCUT2D eigenvalue weighted by Crippen LogP contribution is 2.32. The van der Waals surface area contributed by atoms with E-state index in [9.17, 15) is 9.59 Å². The van der Waals surface area contributed by atoms with E-state index < -0.39 is 14.2 Å². The minimum atomic E-state index is -1.21. The van der Waals surface area contributed by atoms with Crippen LogP contribution in [0.4, 0.5) is 16.4 Å². The Morgan fingerprint density at radius 3 is 2.58 bits per heavy atom. The summed E-state index contributed by atoms with van der Waals surface area (Å²) in [6.45, 7) is 7.90. The predicted molar refractivity (Wildman–Crippen MR) is 130 cm³/mol. The van der Waals surface area contributed by atoms with Gasteiger partial charge in [0.2, 0.25) is 5.91 Å². The first kappa shape index (κ1) is 22.9. The fraction of sp³-hybridized carbons (Fsp3) is 0.391. The summed E-state index contributed by atoms with van der Waals surface area (Å²) < 4.78 is 7.86. The van der Waals surface area contributed by atoms with Gasteiger partial charge in [0.05, 0.1) is 5.69 Å². The molecule has 174 valence electrons. The van der Waals surface area contributed by atoms with Gasteiger partial charge in [-0.1, -0.05) is 25.7 Å². The molecule has 33 heavy (non-hydrogen) atoms. The zero-order chi connectivity index (χ0) is 23.6. The third kappa shape index (κ3) is 5.96. The molecule has 0 spiro atoms. The van der Waals surface area contributed by atoms with Gasteiger partial charge in [-0.2, -0.15) is 0 Å². The highest BCUT2D eigenvalue weighted by Gasteiger charge is 2.30. The van der Waals surface area contributed by atoms with Crippen LogP contribution in [0.1, 0.15) is 12.8 Å². The Kier molecular flexibility index (Phi) is 6.48. The molecule has 3 aromatic heterocycles. The number of rotatable bonds is 9. The van der Waals surface area contributed by atoms with Crippen LogP contribution in [0.5, 0.6) is 0 Å². The number of nitrogens with zero attached hydrogens (tertiary/aromatic N) is 3. The van der Waals surface area contributed by atoms with Crippen molar-refractivity contribution in [1.82, 2.24) is 14.5 Å². The Bertz CT molecular complexity index is 1180. The predicted octanol–water partition coefficient (Wildman–Crippen LogP) is 4.85. The van der Waals surface area contributed by atoms with E-state index in [1.165, 1.54) is 0 Å². The number of aromatic nitrogens is 3. The molecule has 0 aliphatic heterocycles. The normalized spacial score (nSPS) is 13.8. The van der Waals surface area contributed by atoms with Crippen molar-refractivity contribution < 1.29 is 19.4 Å². The number of hydrogen-bond donors (Lipinski definition) is 3. The number of pyridine rings is 2. The van der Waals surface area contributed by atoms with Gasteiger partial charge in [-0.05, 0) is 43.2 Å². The lowest BCUT2D eigenvalue weighted by molar-refractivity contribution is -0.117. The summed E-state index contributed by atoms with van der Waals surface area (Å²) in [5, 5.41) is 15.0. The average molecular weight is 468 g/mol. The Morgan fingerprint density at radius 1 is 1.12 bits per heavy atom. The van der Waals surface area contributed by atoms with E-state index in [1.54, 1.807) is 18.2 Å². The number of carboxylic acid groups (broad SMARTS) is 1. The second kappa shape index (κ2) is 9.32. The largest absolute Gasteiger partial charge is 0.465 e. The van der Waals surface area contributed by atoms with Crippen LogP contribution in [0.3, 0.4) is 0 Å². The molecule has 9 nitrogen and oxygen atoms in total. The maximum atomic E-state index is 12.2. The van der Waals surface area contributed by atoms with Gasteiger partial charge in [0.1, 0.15) is 24.0 Å². The fourth-order valence-electron chi connectivity index (χ4n) is 3.42. The van der Waals surface area contributed by atoms with Crippen molar-refractivity contribution in [2.75, 3.05) is 17.2 Å². The smallest absolute Gasteiger partial charge is 0.410 e. The van der Waals surface area contributed by atoms with Crippen LogP contribution in [0.2, 0.25) is 25.7 Å². The van der Waals surface area contributed by atoms with Crippen LogP contribution in [0.15, 0.2) is 36.5 Å². The average Bonchev–Trinajstić information content (AvgIpc) is 3.53. The molecule has 0 bridgehead atoms. The van der Waals surface area contributed by atoms with Crippen molar-refractivity contribution in [3.63, 3.8) is 0 Å². The van der Waals surface area contributed by atoms with E-state index in [1.807, 2.05) is 22.9 Å². The van der Waals surface area contributed by atoms with Gasteiger partial charge in [-0.3, -0.25) is 10.1 Å². The Hall–Kier alpha value is -3.24. The molecule has 1 aliphatic carbocycles. The second-order valence-corrected chi connectivity index (χ2v) is 15.2. The Morgan fingerprint density at radius 2 is 1.88 bits per heavy atom. The lowest BCUT2D eigenvalue weighted by Crippen LogP contribution is -2.22. The molecule has 0 atom stereocenters. The maximum Gasteiger partial charge on any atom is 0.410 e. The summed E-state index contributed by atoms with van der Waals surface area (Å²) >= 11 is 0. The number of hydrogen-bond acceptors (Lipinski definition) is 5. The molecule has 3 aromatic rings. The first-order chi connectivity index (χ1) is 15.7. The summed E-state index contributed by atoms with van der Waals surface area (Å²) in [6.07, 6.45) is 2.58. The monoisotopic (exact) mass is 467 g/mol. The topological polar surface area (TPSA) is 118 Å². The van der Waals surface area contributed by atoms with E-state index in [4.69, 9.17) is 14.8 Å². The first-order valence-corrected chi connectivity index (χ1v) is 14.8. The fourth-order valence-corrected chi connectivity index (χ4v) is 4.17. The number of anilines is 2. The van der Waals surface area contributed by atoms with Crippen LogP contribution in [-0.2, 0) is 16.3 Å². The van der Waals surface area contributed by atoms with Gasteiger partial charge in [0, 0.05) is 37.7 Å². The third-order valence-corrected chi connectivity index (χ3v) is 7.11. The minimum Gasteiger partial charge on any atom is -0.465 e. The van der Waals surface area contributed by atoms with E-state index >= 15 is 0 Å². The molecule has 1 fully saturated rings. The molecule has 0 saturated heterocycles. The van der Waals surface area contributed by atoms with Gasteiger partial charge in [-0.25, -0.2) is 14.8 Å². The molecule has 0 unspecified atom stereocenters. The highest BCUT2D eigenvalue weighted by molar-refractivity contribution is 6.76. The van der Waals surface area contributed by atoms with Crippen molar-refractivity contribution in [2.45, 2.75) is 45.3 Å². The maximum absolute atomic E-state index is 12.2. The van der Waals surface area contributed by atoms with Gasteiger partial charge < -0.3 is 19.7 Å². The highest BCUT2D eigenvalue weighted by atomic mass is 28.3.